The van der Waals surface area contributed by atoms with Crippen LogP contribution in [0.15, 0.2) is 48.6 Å². The Hall–Kier alpha value is -2.05. The molecule has 2 unspecified atom stereocenters. The van der Waals surface area contributed by atoms with Crippen molar-refractivity contribution in [3.05, 3.63) is 59.8 Å². The van der Waals surface area contributed by atoms with Gasteiger partial charge in [0.05, 0.1) is 11.3 Å². The third kappa shape index (κ3) is 3.12. The molecule has 1 fully saturated rings. The van der Waals surface area contributed by atoms with Crippen molar-refractivity contribution >= 4 is 10.9 Å². The van der Waals surface area contributed by atoms with Gasteiger partial charge in [-0.05, 0) is 49.4 Å². The highest BCUT2D eigenvalue weighted by Gasteiger charge is 2.49. The molecular formula is C19H19F3N2O. The van der Waals surface area contributed by atoms with Crippen molar-refractivity contribution in [2.24, 2.45) is 5.92 Å². The van der Waals surface area contributed by atoms with E-state index in [2.05, 4.69) is 22.5 Å². The molecular weight excluding hydrogens is 329 g/mol. The average molecular weight is 348 g/mol. The number of fused-ring (bicyclic) bond motifs is 1. The summed E-state index contributed by atoms with van der Waals surface area (Å²) >= 11 is 0. The predicted molar refractivity (Wildman–Crippen MR) is 89.7 cm³/mol. The largest absolute Gasteiger partial charge is 0.416 e. The minimum atomic E-state index is -4.37. The van der Waals surface area contributed by atoms with E-state index in [1.54, 1.807) is 6.07 Å². The second-order valence-corrected chi connectivity index (χ2v) is 6.88. The lowest BCUT2D eigenvalue weighted by molar-refractivity contribution is -0.137. The molecule has 0 spiro atoms. The number of H-pyrrole nitrogens is 1. The summed E-state index contributed by atoms with van der Waals surface area (Å²) in [7, 11) is 0. The SMILES string of the molecule is OC(NC1(C2C=CC=CC2)CC1)c1cc2cc(C(F)(F)F)ccc2[nH]1. The van der Waals surface area contributed by atoms with Crippen LogP contribution < -0.4 is 5.32 Å². The third-order valence-corrected chi connectivity index (χ3v) is 5.17. The molecule has 2 aliphatic carbocycles. The van der Waals surface area contributed by atoms with Crippen molar-refractivity contribution < 1.29 is 18.3 Å². The number of aliphatic hydroxyl groups is 1. The molecule has 0 bridgehead atoms. The Balaban J connectivity index is 1.55. The highest BCUT2D eigenvalue weighted by molar-refractivity contribution is 5.81. The summed E-state index contributed by atoms with van der Waals surface area (Å²) in [5.41, 5.74) is 0.241. The van der Waals surface area contributed by atoms with Crippen LogP contribution in [0.5, 0.6) is 0 Å². The average Bonchev–Trinajstić information content (AvgIpc) is 3.23. The van der Waals surface area contributed by atoms with Crippen LogP contribution >= 0.6 is 0 Å². The molecule has 0 amide bonds. The van der Waals surface area contributed by atoms with E-state index in [9.17, 15) is 18.3 Å². The normalized spacial score (nSPS) is 23.1. The van der Waals surface area contributed by atoms with Crippen LogP contribution in [0, 0.1) is 5.92 Å². The first-order valence-corrected chi connectivity index (χ1v) is 8.36. The van der Waals surface area contributed by atoms with Gasteiger partial charge in [-0.2, -0.15) is 13.2 Å². The minimum absolute atomic E-state index is 0.130. The molecule has 1 aromatic heterocycles. The molecule has 0 radical (unpaired) electrons. The third-order valence-electron chi connectivity index (χ3n) is 5.17. The number of hydrogen-bond donors (Lipinski definition) is 3. The fraction of sp³-hybridized carbons (Fsp3) is 0.368. The minimum Gasteiger partial charge on any atom is -0.373 e. The van der Waals surface area contributed by atoms with Gasteiger partial charge in [-0.25, -0.2) is 0 Å². The molecule has 1 aromatic carbocycles. The zero-order chi connectivity index (χ0) is 17.7. The Bertz CT molecular complexity index is 846. The number of nitrogens with one attached hydrogen (secondary N) is 2. The Labute approximate surface area is 143 Å². The smallest absolute Gasteiger partial charge is 0.373 e. The van der Waals surface area contributed by atoms with Crippen molar-refractivity contribution in [1.82, 2.24) is 10.3 Å². The van der Waals surface area contributed by atoms with E-state index in [0.717, 1.165) is 31.4 Å². The van der Waals surface area contributed by atoms with E-state index in [4.69, 9.17) is 0 Å². The molecule has 3 nitrogen and oxygen atoms in total. The topological polar surface area (TPSA) is 48.0 Å². The van der Waals surface area contributed by atoms with Gasteiger partial charge < -0.3 is 10.1 Å². The van der Waals surface area contributed by atoms with E-state index in [-0.39, 0.29) is 5.54 Å². The number of hydrogen-bond acceptors (Lipinski definition) is 2. The Kier molecular flexibility index (Phi) is 3.77. The number of allylic oxidation sites excluding steroid dienone is 3. The van der Waals surface area contributed by atoms with Crippen LogP contribution in [0.25, 0.3) is 10.9 Å². The maximum atomic E-state index is 12.8. The van der Waals surface area contributed by atoms with Crippen molar-refractivity contribution in [2.45, 2.75) is 37.2 Å². The van der Waals surface area contributed by atoms with Gasteiger partial charge in [-0.15, -0.1) is 0 Å². The van der Waals surface area contributed by atoms with Crippen molar-refractivity contribution in [3.63, 3.8) is 0 Å². The van der Waals surface area contributed by atoms with E-state index >= 15 is 0 Å². The summed E-state index contributed by atoms with van der Waals surface area (Å²) in [5, 5.41) is 14.3. The molecule has 1 heterocycles. The van der Waals surface area contributed by atoms with E-state index < -0.39 is 18.0 Å². The molecule has 2 atom stereocenters. The molecule has 0 saturated heterocycles. The summed E-state index contributed by atoms with van der Waals surface area (Å²) < 4.78 is 38.5. The van der Waals surface area contributed by atoms with Crippen LogP contribution in [0.1, 0.15) is 36.7 Å². The zero-order valence-electron chi connectivity index (χ0n) is 13.5. The number of aromatic amines is 1. The van der Waals surface area contributed by atoms with Crippen LogP contribution in [0.3, 0.4) is 0 Å². The maximum Gasteiger partial charge on any atom is 0.416 e. The summed E-state index contributed by atoms with van der Waals surface area (Å²) in [6.07, 6.45) is 5.86. The summed E-state index contributed by atoms with van der Waals surface area (Å²) in [6, 6.07) is 5.12. The fourth-order valence-corrected chi connectivity index (χ4v) is 3.58. The first-order valence-electron chi connectivity index (χ1n) is 8.36. The quantitative estimate of drug-likeness (QED) is 0.716. The molecule has 25 heavy (non-hydrogen) atoms. The number of aliphatic hydroxyl groups excluding tert-OH is 1. The first kappa shape index (κ1) is 16.4. The zero-order valence-corrected chi connectivity index (χ0v) is 13.5. The van der Waals surface area contributed by atoms with Crippen molar-refractivity contribution in [2.75, 3.05) is 0 Å². The van der Waals surface area contributed by atoms with Gasteiger partial charge in [0.25, 0.3) is 0 Å². The molecule has 6 heteroatoms. The van der Waals surface area contributed by atoms with Gasteiger partial charge in [0, 0.05) is 16.4 Å². The molecule has 0 aliphatic heterocycles. The van der Waals surface area contributed by atoms with Gasteiger partial charge in [0.1, 0.15) is 6.23 Å². The van der Waals surface area contributed by atoms with Crippen molar-refractivity contribution in [3.8, 4) is 0 Å². The number of aromatic nitrogens is 1. The Morgan fingerprint density at radius 2 is 2.00 bits per heavy atom. The second-order valence-electron chi connectivity index (χ2n) is 6.88. The van der Waals surface area contributed by atoms with Crippen LogP contribution in [-0.4, -0.2) is 15.6 Å². The number of halogens is 3. The first-order chi connectivity index (χ1) is 11.9. The van der Waals surface area contributed by atoms with Gasteiger partial charge in [0.15, 0.2) is 0 Å². The maximum absolute atomic E-state index is 12.8. The number of alkyl halides is 3. The van der Waals surface area contributed by atoms with Crippen LogP contribution in [0.2, 0.25) is 0 Å². The van der Waals surface area contributed by atoms with Gasteiger partial charge in [-0.3, -0.25) is 5.32 Å². The molecule has 2 aliphatic rings. The Morgan fingerprint density at radius 3 is 2.64 bits per heavy atom. The van der Waals surface area contributed by atoms with Crippen LogP contribution in [0.4, 0.5) is 13.2 Å². The standard InChI is InChI=1S/C19H19F3N2O/c20-19(21,22)14-6-7-15-12(10-14)11-16(23-15)17(25)24-18(8-9-18)13-4-2-1-3-5-13/h1-4,6-7,10-11,13,17,23-25H,5,8-9H2. The molecule has 3 N–H and O–H groups in total. The van der Waals surface area contributed by atoms with Gasteiger partial charge in [-0.1, -0.05) is 24.3 Å². The highest BCUT2D eigenvalue weighted by Crippen LogP contribution is 2.46. The van der Waals surface area contributed by atoms with Crippen LogP contribution in [-0.2, 0) is 6.18 Å². The van der Waals surface area contributed by atoms with Crippen molar-refractivity contribution in [1.29, 1.82) is 0 Å². The lowest BCUT2D eigenvalue weighted by Crippen LogP contribution is -2.40. The lowest BCUT2D eigenvalue weighted by Gasteiger charge is -2.28. The molecule has 2 aromatic rings. The Morgan fingerprint density at radius 1 is 1.20 bits per heavy atom. The van der Waals surface area contributed by atoms with Gasteiger partial charge >= 0.3 is 6.18 Å². The number of rotatable bonds is 4. The summed E-state index contributed by atoms with van der Waals surface area (Å²) in [5.74, 6) is 0.327. The highest BCUT2D eigenvalue weighted by atomic mass is 19.4. The van der Waals surface area contributed by atoms with E-state index in [1.165, 1.54) is 6.07 Å². The molecule has 4 rings (SSSR count). The molecule has 132 valence electrons. The number of benzene rings is 1. The summed E-state index contributed by atoms with van der Waals surface area (Å²) in [6.45, 7) is 0. The lowest BCUT2D eigenvalue weighted by atomic mass is 9.90. The predicted octanol–water partition coefficient (Wildman–Crippen LogP) is 4.43. The molecule has 1 saturated carbocycles. The van der Waals surface area contributed by atoms with Gasteiger partial charge in [0.2, 0.25) is 0 Å². The second kappa shape index (κ2) is 5.75. The monoisotopic (exact) mass is 348 g/mol. The van der Waals surface area contributed by atoms with E-state index in [1.807, 2.05) is 12.2 Å². The fourth-order valence-electron chi connectivity index (χ4n) is 3.58. The van der Waals surface area contributed by atoms with E-state index in [0.29, 0.717) is 22.5 Å². The summed E-state index contributed by atoms with van der Waals surface area (Å²) in [4.78, 5) is 3.02.